The van der Waals surface area contributed by atoms with Crippen molar-refractivity contribution >= 4 is 0 Å². The zero-order valence-corrected chi connectivity index (χ0v) is 9.05. The Morgan fingerprint density at radius 1 is 1.17 bits per heavy atom. The summed E-state index contributed by atoms with van der Waals surface area (Å²) in [4.78, 5) is 0. The topological polar surface area (TPSA) is 21.3 Å². The Balaban J connectivity index is 3.39. The molecule has 1 N–H and O–H groups in total. The molecule has 0 aliphatic rings. The highest BCUT2D eigenvalue weighted by molar-refractivity contribution is 4.62. The first kappa shape index (κ1) is 11.9. The van der Waals surface area contributed by atoms with Crippen LogP contribution in [0.3, 0.4) is 0 Å². The Morgan fingerprint density at radius 3 is 2.17 bits per heavy atom. The molecule has 74 valence electrons. The first-order valence-corrected chi connectivity index (χ1v) is 4.85. The second-order valence-corrected chi connectivity index (χ2v) is 3.91. The molecule has 2 nitrogen and oxygen atoms in total. The van der Waals surface area contributed by atoms with Gasteiger partial charge in [-0.1, -0.05) is 6.92 Å². The molecule has 0 aromatic heterocycles. The third-order valence-corrected chi connectivity index (χ3v) is 1.96. The first-order chi connectivity index (χ1) is 5.56. The maximum atomic E-state index is 5.52. The summed E-state index contributed by atoms with van der Waals surface area (Å²) in [6, 6.07) is 0.593. The molecule has 0 heterocycles. The lowest BCUT2D eigenvalue weighted by atomic mass is 10.0. The van der Waals surface area contributed by atoms with Gasteiger partial charge in [0.1, 0.15) is 0 Å². The molecule has 0 aliphatic carbocycles. The van der Waals surface area contributed by atoms with Crippen LogP contribution in [0.25, 0.3) is 0 Å². The van der Waals surface area contributed by atoms with Crippen LogP contribution >= 0.6 is 0 Å². The Hall–Kier alpha value is -0.0800. The molecule has 0 saturated carbocycles. The monoisotopic (exact) mass is 173 g/mol. The van der Waals surface area contributed by atoms with Gasteiger partial charge in [0.2, 0.25) is 0 Å². The number of hydrogen-bond donors (Lipinski definition) is 1. The van der Waals surface area contributed by atoms with Crippen LogP contribution in [0, 0.1) is 5.92 Å². The smallest absolute Gasteiger partial charge is 0.0519 e. The molecule has 0 amide bonds. The minimum Gasteiger partial charge on any atom is -0.379 e. The highest BCUT2D eigenvalue weighted by Gasteiger charge is 2.07. The molecule has 0 aromatic rings. The van der Waals surface area contributed by atoms with Gasteiger partial charge in [-0.2, -0.15) is 0 Å². The zero-order chi connectivity index (χ0) is 9.56. The maximum Gasteiger partial charge on any atom is 0.0519 e. The summed E-state index contributed by atoms with van der Waals surface area (Å²) in [6.07, 6.45) is 1.54. The van der Waals surface area contributed by atoms with Crippen LogP contribution in [0.4, 0.5) is 0 Å². The fraction of sp³-hybridized carbons (Fsp3) is 1.00. The molecule has 0 fully saturated rings. The van der Waals surface area contributed by atoms with Gasteiger partial charge in [0, 0.05) is 12.6 Å². The minimum atomic E-state index is 0.359. The number of ether oxygens (including phenoxy) is 1. The SMILES string of the molecule is CNC(C)CC(C)COC(C)C. The summed E-state index contributed by atoms with van der Waals surface area (Å²) < 4.78 is 5.52. The Labute approximate surface area is 76.7 Å². The second-order valence-electron chi connectivity index (χ2n) is 3.91. The lowest BCUT2D eigenvalue weighted by Crippen LogP contribution is -2.25. The molecule has 0 rings (SSSR count). The number of nitrogens with one attached hydrogen (secondary N) is 1. The highest BCUT2D eigenvalue weighted by Crippen LogP contribution is 2.06. The molecule has 0 saturated heterocycles. The van der Waals surface area contributed by atoms with Gasteiger partial charge in [0.15, 0.2) is 0 Å². The van der Waals surface area contributed by atoms with E-state index in [0.717, 1.165) is 6.61 Å². The molecule has 0 spiro atoms. The molecular weight excluding hydrogens is 150 g/mol. The Morgan fingerprint density at radius 2 is 1.75 bits per heavy atom. The molecule has 0 bridgehead atoms. The van der Waals surface area contributed by atoms with Crippen molar-refractivity contribution in [3.05, 3.63) is 0 Å². The van der Waals surface area contributed by atoms with Gasteiger partial charge >= 0.3 is 0 Å². The predicted molar refractivity (Wildman–Crippen MR) is 53.4 cm³/mol. The van der Waals surface area contributed by atoms with Crippen molar-refractivity contribution in [1.29, 1.82) is 0 Å². The van der Waals surface area contributed by atoms with Crippen molar-refractivity contribution in [2.75, 3.05) is 13.7 Å². The van der Waals surface area contributed by atoms with Crippen molar-refractivity contribution in [3.8, 4) is 0 Å². The molecule has 0 aliphatic heterocycles. The van der Waals surface area contributed by atoms with E-state index in [9.17, 15) is 0 Å². The van der Waals surface area contributed by atoms with Gasteiger partial charge in [-0.25, -0.2) is 0 Å². The van der Waals surface area contributed by atoms with E-state index in [1.54, 1.807) is 0 Å². The van der Waals surface area contributed by atoms with E-state index < -0.39 is 0 Å². The van der Waals surface area contributed by atoms with E-state index in [1.165, 1.54) is 6.42 Å². The zero-order valence-electron chi connectivity index (χ0n) is 9.05. The quantitative estimate of drug-likeness (QED) is 0.663. The van der Waals surface area contributed by atoms with Gasteiger partial charge in [0.25, 0.3) is 0 Å². The lowest BCUT2D eigenvalue weighted by molar-refractivity contribution is 0.0514. The second kappa shape index (κ2) is 6.44. The minimum absolute atomic E-state index is 0.359. The van der Waals surface area contributed by atoms with Crippen molar-refractivity contribution < 1.29 is 4.74 Å². The van der Waals surface area contributed by atoms with Crippen LogP contribution in [0.15, 0.2) is 0 Å². The van der Waals surface area contributed by atoms with Crippen LogP contribution in [0.2, 0.25) is 0 Å². The van der Waals surface area contributed by atoms with Crippen LogP contribution in [-0.2, 0) is 4.74 Å². The van der Waals surface area contributed by atoms with Gasteiger partial charge in [-0.3, -0.25) is 0 Å². The molecule has 2 heteroatoms. The maximum absolute atomic E-state index is 5.52. The Kier molecular flexibility index (Phi) is 6.39. The number of rotatable bonds is 6. The van der Waals surface area contributed by atoms with E-state index >= 15 is 0 Å². The van der Waals surface area contributed by atoms with Crippen molar-refractivity contribution in [2.45, 2.75) is 46.3 Å². The van der Waals surface area contributed by atoms with E-state index in [0.29, 0.717) is 18.1 Å². The molecule has 12 heavy (non-hydrogen) atoms. The Bertz CT molecular complexity index is 104. The van der Waals surface area contributed by atoms with Gasteiger partial charge in [-0.15, -0.1) is 0 Å². The lowest BCUT2D eigenvalue weighted by Gasteiger charge is -2.17. The van der Waals surface area contributed by atoms with Crippen LogP contribution < -0.4 is 5.32 Å². The average Bonchev–Trinajstić information content (AvgIpc) is 2.00. The number of hydrogen-bond acceptors (Lipinski definition) is 2. The molecular formula is C10H23NO. The van der Waals surface area contributed by atoms with Crippen LogP contribution in [-0.4, -0.2) is 25.8 Å². The van der Waals surface area contributed by atoms with E-state index in [-0.39, 0.29) is 0 Å². The molecule has 2 atom stereocenters. The van der Waals surface area contributed by atoms with Gasteiger partial charge in [0.05, 0.1) is 6.10 Å². The first-order valence-electron chi connectivity index (χ1n) is 4.85. The van der Waals surface area contributed by atoms with Crippen LogP contribution in [0.5, 0.6) is 0 Å². The summed E-state index contributed by atoms with van der Waals surface area (Å²) >= 11 is 0. The summed E-state index contributed by atoms with van der Waals surface area (Å²) in [5, 5.41) is 3.23. The fourth-order valence-corrected chi connectivity index (χ4v) is 1.15. The molecule has 0 radical (unpaired) electrons. The van der Waals surface area contributed by atoms with Crippen molar-refractivity contribution in [1.82, 2.24) is 5.32 Å². The standard InChI is InChI=1S/C10H23NO/c1-8(2)12-7-9(3)6-10(4)11-5/h8-11H,6-7H2,1-5H3. The van der Waals surface area contributed by atoms with Gasteiger partial charge in [-0.05, 0) is 40.2 Å². The molecule has 0 aromatic carbocycles. The van der Waals surface area contributed by atoms with E-state index in [2.05, 4.69) is 33.0 Å². The summed E-state index contributed by atoms with van der Waals surface area (Å²) in [5.74, 6) is 0.648. The molecule has 2 unspecified atom stereocenters. The highest BCUT2D eigenvalue weighted by atomic mass is 16.5. The van der Waals surface area contributed by atoms with E-state index in [1.807, 2.05) is 7.05 Å². The average molecular weight is 173 g/mol. The largest absolute Gasteiger partial charge is 0.379 e. The summed E-state index contributed by atoms with van der Waals surface area (Å²) in [6.45, 7) is 9.47. The van der Waals surface area contributed by atoms with Crippen LogP contribution in [0.1, 0.15) is 34.1 Å². The summed E-state index contributed by atoms with van der Waals surface area (Å²) in [5.41, 5.74) is 0. The third kappa shape index (κ3) is 6.62. The van der Waals surface area contributed by atoms with Crippen molar-refractivity contribution in [3.63, 3.8) is 0 Å². The van der Waals surface area contributed by atoms with Crippen molar-refractivity contribution in [2.24, 2.45) is 5.92 Å². The normalized spacial score (nSPS) is 16.5. The fourth-order valence-electron chi connectivity index (χ4n) is 1.15. The van der Waals surface area contributed by atoms with E-state index in [4.69, 9.17) is 4.74 Å². The predicted octanol–water partition coefficient (Wildman–Crippen LogP) is 2.05. The summed E-state index contributed by atoms with van der Waals surface area (Å²) in [7, 11) is 2.00. The third-order valence-electron chi connectivity index (χ3n) is 1.96. The van der Waals surface area contributed by atoms with Gasteiger partial charge < -0.3 is 10.1 Å².